The molecule has 6 heteroatoms. The molecule has 1 aromatic carbocycles. The van der Waals surface area contributed by atoms with Crippen LogP contribution < -0.4 is 4.90 Å². The third-order valence-corrected chi connectivity index (χ3v) is 3.88. The summed E-state index contributed by atoms with van der Waals surface area (Å²) in [5.74, 6) is -1.90. The minimum atomic E-state index is -0.962. The predicted octanol–water partition coefficient (Wildman–Crippen LogP) is 3.13. The minimum Gasteiger partial charge on any atom is -0.365 e. The Hall–Kier alpha value is -2.24. The number of amides is 1. The fraction of sp³-hybridized carbons (Fsp3) is 0.412. The molecule has 23 heavy (non-hydrogen) atoms. The summed E-state index contributed by atoms with van der Waals surface area (Å²) < 4.78 is 27.4. The van der Waals surface area contributed by atoms with Crippen LogP contribution in [-0.2, 0) is 4.79 Å². The lowest BCUT2D eigenvalue weighted by Gasteiger charge is -2.25. The van der Waals surface area contributed by atoms with E-state index in [2.05, 4.69) is 4.98 Å². The molecule has 124 valence electrons. The average molecular weight is 321 g/mol. The first-order valence-corrected chi connectivity index (χ1v) is 7.63. The first-order chi connectivity index (χ1) is 10.9. The van der Waals surface area contributed by atoms with E-state index in [0.717, 1.165) is 6.07 Å². The van der Waals surface area contributed by atoms with Crippen molar-refractivity contribution in [1.82, 2.24) is 9.88 Å². The maximum atomic E-state index is 14.0. The smallest absolute Gasteiger partial charge is 0.242 e. The van der Waals surface area contributed by atoms with Gasteiger partial charge in [0.1, 0.15) is 5.52 Å². The number of hydrogen-bond donors (Lipinski definition) is 0. The average Bonchev–Trinajstić information content (AvgIpc) is 2.51. The van der Waals surface area contributed by atoms with Gasteiger partial charge in [-0.3, -0.25) is 4.79 Å². The molecular formula is C17H21F2N3O. The van der Waals surface area contributed by atoms with Crippen LogP contribution >= 0.6 is 0 Å². The van der Waals surface area contributed by atoms with E-state index in [0.29, 0.717) is 29.9 Å². The van der Waals surface area contributed by atoms with Crippen LogP contribution in [0.4, 0.5) is 14.5 Å². The van der Waals surface area contributed by atoms with Gasteiger partial charge >= 0.3 is 0 Å². The number of benzene rings is 1. The highest BCUT2D eigenvalue weighted by atomic mass is 19.2. The fourth-order valence-corrected chi connectivity index (χ4v) is 2.62. The number of nitrogens with zero attached hydrogens (tertiary/aromatic N) is 3. The zero-order valence-electron chi connectivity index (χ0n) is 13.9. The molecule has 0 atom stereocenters. The molecule has 0 aliphatic rings. The Labute approximate surface area is 134 Å². The van der Waals surface area contributed by atoms with Gasteiger partial charge in [0, 0.05) is 36.9 Å². The van der Waals surface area contributed by atoms with E-state index in [1.165, 1.54) is 6.07 Å². The van der Waals surface area contributed by atoms with Gasteiger partial charge in [-0.1, -0.05) is 0 Å². The molecule has 0 saturated heterocycles. The highest BCUT2D eigenvalue weighted by Gasteiger charge is 2.18. The van der Waals surface area contributed by atoms with Crippen molar-refractivity contribution in [3.8, 4) is 0 Å². The Bertz CT molecular complexity index is 729. The van der Waals surface area contributed by atoms with Crippen LogP contribution in [0.25, 0.3) is 10.9 Å². The number of pyridine rings is 1. The van der Waals surface area contributed by atoms with Crippen LogP contribution in [-0.4, -0.2) is 42.5 Å². The molecule has 2 rings (SSSR count). The van der Waals surface area contributed by atoms with Crippen molar-refractivity contribution in [2.45, 2.75) is 20.8 Å². The quantitative estimate of drug-likeness (QED) is 0.849. The second-order valence-corrected chi connectivity index (χ2v) is 5.46. The summed E-state index contributed by atoms with van der Waals surface area (Å²) >= 11 is 0. The monoisotopic (exact) mass is 321 g/mol. The molecule has 4 nitrogen and oxygen atoms in total. The van der Waals surface area contributed by atoms with E-state index in [9.17, 15) is 13.6 Å². The fourth-order valence-electron chi connectivity index (χ4n) is 2.62. The predicted molar refractivity (Wildman–Crippen MR) is 87.6 cm³/mol. The molecule has 1 amide bonds. The van der Waals surface area contributed by atoms with Crippen LogP contribution in [0.15, 0.2) is 18.2 Å². The summed E-state index contributed by atoms with van der Waals surface area (Å²) in [5, 5.41) is 0.490. The second-order valence-electron chi connectivity index (χ2n) is 5.46. The summed E-state index contributed by atoms with van der Waals surface area (Å²) in [5.41, 5.74) is 1.22. The zero-order chi connectivity index (χ0) is 17.1. The van der Waals surface area contributed by atoms with Gasteiger partial charge in [-0.25, -0.2) is 13.8 Å². The number of carbonyl (C=O) groups excluding carboxylic acids is 1. The lowest BCUT2D eigenvalue weighted by molar-refractivity contribution is -0.129. The van der Waals surface area contributed by atoms with Crippen molar-refractivity contribution < 1.29 is 13.6 Å². The lowest BCUT2D eigenvalue weighted by Crippen LogP contribution is -2.38. The number of anilines is 1. The van der Waals surface area contributed by atoms with Crippen LogP contribution in [0.2, 0.25) is 0 Å². The van der Waals surface area contributed by atoms with E-state index in [-0.39, 0.29) is 18.0 Å². The Balaban J connectivity index is 2.43. The maximum absolute atomic E-state index is 14.0. The van der Waals surface area contributed by atoms with Crippen LogP contribution in [0, 0.1) is 18.6 Å². The molecule has 0 aliphatic carbocycles. The van der Waals surface area contributed by atoms with Gasteiger partial charge in [0.05, 0.1) is 6.54 Å². The Morgan fingerprint density at radius 3 is 2.48 bits per heavy atom. The van der Waals surface area contributed by atoms with Crippen LogP contribution in [0.1, 0.15) is 19.5 Å². The van der Waals surface area contributed by atoms with Gasteiger partial charge < -0.3 is 9.80 Å². The Morgan fingerprint density at radius 2 is 1.87 bits per heavy atom. The van der Waals surface area contributed by atoms with Crippen molar-refractivity contribution in [3.05, 3.63) is 35.5 Å². The molecular weight excluding hydrogens is 300 g/mol. The largest absolute Gasteiger partial charge is 0.365 e. The number of likely N-dealkylation sites (N-methyl/N-ethyl adjacent to an activating group) is 2. The molecule has 2 aromatic rings. The standard InChI is InChI=1S/C17H21F2N3O/c1-5-22(6-2)15(23)10-21(4)14-9-11(3)20-17-12(14)7-8-13(18)16(17)19/h7-9H,5-6,10H2,1-4H3. The number of aromatic nitrogens is 1. The van der Waals surface area contributed by atoms with Crippen molar-refractivity contribution in [3.63, 3.8) is 0 Å². The molecule has 0 saturated carbocycles. The maximum Gasteiger partial charge on any atom is 0.242 e. The minimum absolute atomic E-state index is 0.0114. The zero-order valence-corrected chi connectivity index (χ0v) is 13.9. The number of fused-ring (bicyclic) bond motifs is 1. The SMILES string of the molecule is CCN(CC)C(=O)CN(C)c1cc(C)nc2c(F)c(F)ccc12. The molecule has 1 aromatic heterocycles. The summed E-state index contributed by atoms with van der Waals surface area (Å²) in [6.07, 6.45) is 0. The van der Waals surface area contributed by atoms with Gasteiger partial charge in [-0.05, 0) is 39.0 Å². The Morgan fingerprint density at radius 1 is 1.22 bits per heavy atom. The lowest BCUT2D eigenvalue weighted by atomic mass is 10.1. The number of halogens is 2. The topological polar surface area (TPSA) is 36.4 Å². The number of aryl methyl sites for hydroxylation is 1. The van der Waals surface area contributed by atoms with Crippen LogP contribution in [0.3, 0.4) is 0 Å². The first kappa shape index (κ1) is 17.1. The molecule has 1 heterocycles. The van der Waals surface area contributed by atoms with Gasteiger partial charge in [0.2, 0.25) is 5.91 Å². The second kappa shape index (κ2) is 6.89. The summed E-state index contributed by atoms with van der Waals surface area (Å²) in [6.45, 7) is 7.00. The third-order valence-electron chi connectivity index (χ3n) is 3.88. The van der Waals surface area contributed by atoms with Crippen molar-refractivity contribution in [2.75, 3.05) is 31.6 Å². The molecule has 0 aliphatic heterocycles. The molecule has 0 unspecified atom stereocenters. The van der Waals surface area contributed by atoms with E-state index >= 15 is 0 Å². The number of rotatable bonds is 5. The number of carbonyl (C=O) groups is 1. The number of hydrogen-bond acceptors (Lipinski definition) is 3. The van der Waals surface area contributed by atoms with E-state index in [1.807, 2.05) is 13.8 Å². The highest BCUT2D eigenvalue weighted by molar-refractivity contribution is 5.94. The van der Waals surface area contributed by atoms with Gasteiger partial charge in [-0.15, -0.1) is 0 Å². The molecule has 0 fully saturated rings. The van der Waals surface area contributed by atoms with E-state index < -0.39 is 11.6 Å². The summed E-state index contributed by atoms with van der Waals surface area (Å²) in [4.78, 5) is 19.8. The molecule has 0 N–H and O–H groups in total. The highest BCUT2D eigenvalue weighted by Crippen LogP contribution is 2.28. The van der Waals surface area contributed by atoms with Gasteiger partial charge in [0.25, 0.3) is 0 Å². The Kier molecular flexibility index (Phi) is 5.13. The van der Waals surface area contributed by atoms with Crippen molar-refractivity contribution >= 4 is 22.5 Å². The summed E-state index contributed by atoms with van der Waals surface area (Å²) in [6, 6.07) is 4.35. The van der Waals surface area contributed by atoms with E-state index in [4.69, 9.17) is 0 Å². The van der Waals surface area contributed by atoms with Crippen LogP contribution in [0.5, 0.6) is 0 Å². The summed E-state index contributed by atoms with van der Waals surface area (Å²) in [7, 11) is 1.76. The van der Waals surface area contributed by atoms with Gasteiger partial charge in [-0.2, -0.15) is 0 Å². The molecule has 0 radical (unpaired) electrons. The van der Waals surface area contributed by atoms with E-state index in [1.54, 1.807) is 29.8 Å². The molecule has 0 spiro atoms. The van der Waals surface area contributed by atoms with Gasteiger partial charge in [0.15, 0.2) is 11.6 Å². The third kappa shape index (κ3) is 3.41. The molecule has 0 bridgehead atoms. The first-order valence-electron chi connectivity index (χ1n) is 7.63. The van der Waals surface area contributed by atoms with Crippen molar-refractivity contribution in [2.24, 2.45) is 0 Å². The normalized spacial score (nSPS) is 10.9. The van der Waals surface area contributed by atoms with Crippen molar-refractivity contribution in [1.29, 1.82) is 0 Å².